The molecule has 0 aromatic carbocycles. The van der Waals surface area contributed by atoms with Gasteiger partial charge in [0.05, 0.1) is 18.9 Å². The van der Waals surface area contributed by atoms with Crippen molar-refractivity contribution in [2.75, 3.05) is 7.11 Å². The van der Waals surface area contributed by atoms with Gasteiger partial charge in [-0.15, -0.1) is 0 Å². The summed E-state index contributed by atoms with van der Waals surface area (Å²) in [4.78, 5) is 8.08. The van der Waals surface area contributed by atoms with E-state index in [9.17, 15) is 5.11 Å². The molecule has 0 aliphatic heterocycles. The van der Waals surface area contributed by atoms with Crippen LogP contribution in [0.15, 0.2) is 18.5 Å². The minimum atomic E-state index is -0.204. The second-order valence-corrected chi connectivity index (χ2v) is 3.63. The maximum Gasteiger partial charge on any atom is 0.251 e. The minimum Gasteiger partial charge on any atom is -0.391 e. The van der Waals surface area contributed by atoms with Gasteiger partial charge in [0.15, 0.2) is 0 Å². The summed E-state index contributed by atoms with van der Waals surface area (Å²) in [5, 5.41) is 13.8. The van der Waals surface area contributed by atoms with Gasteiger partial charge in [-0.25, -0.2) is 9.97 Å². The van der Waals surface area contributed by atoms with E-state index in [1.807, 2.05) is 0 Å². The smallest absolute Gasteiger partial charge is 0.251 e. The van der Waals surface area contributed by atoms with Gasteiger partial charge in [-0.2, -0.15) is 9.78 Å². The molecule has 0 bridgehead atoms. The van der Waals surface area contributed by atoms with Crippen LogP contribution in [0.4, 0.5) is 0 Å². The number of aromatic nitrogens is 4. The Morgan fingerprint density at radius 3 is 2.71 bits per heavy atom. The van der Waals surface area contributed by atoms with Gasteiger partial charge in [0.1, 0.15) is 5.15 Å². The molecule has 0 saturated heterocycles. The number of hydrogen-bond acceptors (Lipinski definition) is 5. The second kappa shape index (κ2) is 5.22. The molecule has 0 aliphatic rings. The Balaban J connectivity index is 2.49. The molecule has 0 radical (unpaired) electrons. The Hall–Kier alpha value is -1.50. The topological polar surface area (TPSA) is 73.1 Å². The van der Waals surface area contributed by atoms with Crippen molar-refractivity contribution in [1.82, 2.24) is 19.7 Å². The molecule has 0 spiro atoms. The van der Waals surface area contributed by atoms with Gasteiger partial charge in [0, 0.05) is 25.1 Å². The molecule has 2 aromatic rings. The fraction of sp³-hybridized carbons (Fsp3) is 0.300. The summed E-state index contributed by atoms with van der Waals surface area (Å²) < 4.78 is 6.36. The third kappa shape index (κ3) is 2.28. The lowest BCUT2D eigenvalue weighted by Crippen LogP contribution is -2.02. The number of halogens is 1. The minimum absolute atomic E-state index is 0.204. The van der Waals surface area contributed by atoms with Crippen molar-refractivity contribution >= 4 is 11.6 Å². The Labute approximate surface area is 103 Å². The Kier molecular flexibility index (Phi) is 3.68. The number of nitrogens with zero attached hydrogens (tertiary/aromatic N) is 4. The summed E-state index contributed by atoms with van der Waals surface area (Å²) in [6, 6.07) is 1.70. The lowest BCUT2D eigenvalue weighted by Gasteiger charge is -1.99. The fourth-order valence-electron chi connectivity index (χ4n) is 1.41. The predicted molar refractivity (Wildman–Crippen MR) is 60.8 cm³/mol. The molecule has 2 rings (SSSR count). The highest BCUT2D eigenvalue weighted by molar-refractivity contribution is 6.30. The molecular formula is C10H11ClN4O2. The van der Waals surface area contributed by atoms with Gasteiger partial charge in [0.25, 0.3) is 5.95 Å². The van der Waals surface area contributed by atoms with Crippen molar-refractivity contribution < 1.29 is 9.84 Å². The molecule has 7 heteroatoms. The first-order valence-electron chi connectivity index (χ1n) is 4.91. The van der Waals surface area contributed by atoms with Crippen LogP contribution in [0.2, 0.25) is 5.15 Å². The van der Waals surface area contributed by atoms with Gasteiger partial charge < -0.3 is 9.84 Å². The summed E-state index contributed by atoms with van der Waals surface area (Å²) in [6.45, 7) is 0.0693. The summed E-state index contributed by atoms with van der Waals surface area (Å²) in [6.07, 6.45) is 3.18. The molecule has 0 atom stereocenters. The van der Waals surface area contributed by atoms with Gasteiger partial charge in [-0.1, -0.05) is 11.6 Å². The lowest BCUT2D eigenvalue weighted by atomic mass is 10.3. The van der Waals surface area contributed by atoms with Gasteiger partial charge in [-0.05, 0) is 6.07 Å². The Morgan fingerprint density at radius 2 is 2.12 bits per heavy atom. The largest absolute Gasteiger partial charge is 0.391 e. The standard InChI is InChI=1S/C10H11ClN4O2/c1-17-6-8-7(5-16)9(11)15(14-8)10-12-3-2-4-13-10/h2-4,16H,5-6H2,1H3. The molecule has 0 fully saturated rings. The van der Waals surface area contributed by atoms with Crippen LogP contribution in [-0.4, -0.2) is 32.0 Å². The number of rotatable bonds is 4. The van der Waals surface area contributed by atoms with E-state index in [-0.39, 0.29) is 13.2 Å². The number of aliphatic hydroxyl groups excluding tert-OH is 1. The van der Waals surface area contributed by atoms with Crippen LogP contribution in [-0.2, 0) is 18.0 Å². The number of hydrogen-bond donors (Lipinski definition) is 1. The van der Waals surface area contributed by atoms with Gasteiger partial charge in [0.2, 0.25) is 0 Å². The predicted octanol–water partition coefficient (Wildman–Crippen LogP) is 0.954. The first-order valence-corrected chi connectivity index (χ1v) is 5.29. The zero-order valence-electron chi connectivity index (χ0n) is 9.17. The highest BCUT2D eigenvalue weighted by Crippen LogP contribution is 2.22. The summed E-state index contributed by atoms with van der Waals surface area (Å²) in [5.41, 5.74) is 1.11. The molecular weight excluding hydrogens is 244 g/mol. The van der Waals surface area contributed by atoms with E-state index < -0.39 is 0 Å². The molecule has 1 N–H and O–H groups in total. The third-order valence-corrected chi connectivity index (χ3v) is 2.57. The second-order valence-electron chi connectivity index (χ2n) is 3.27. The molecule has 0 amide bonds. The molecule has 6 nitrogen and oxygen atoms in total. The average Bonchev–Trinajstić information content (AvgIpc) is 2.67. The van der Waals surface area contributed by atoms with Crippen LogP contribution in [0, 0.1) is 0 Å². The summed E-state index contributed by atoms with van der Waals surface area (Å²) in [7, 11) is 1.55. The molecule has 0 unspecified atom stereocenters. The third-order valence-electron chi connectivity index (χ3n) is 2.18. The maximum atomic E-state index is 9.25. The molecule has 0 aliphatic carbocycles. The van der Waals surface area contributed by atoms with Crippen LogP contribution in [0.3, 0.4) is 0 Å². The van der Waals surface area contributed by atoms with E-state index in [0.29, 0.717) is 22.4 Å². The highest BCUT2D eigenvalue weighted by Gasteiger charge is 2.17. The van der Waals surface area contributed by atoms with Crippen LogP contribution in [0.1, 0.15) is 11.3 Å². The maximum absolute atomic E-state index is 9.25. The SMILES string of the molecule is COCc1nn(-c2ncccn2)c(Cl)c1CO. The van der Waals surface area contributed by atoms with Crippen molar-refractivity contribution in [2.45, 2.75) is 13.2 Å². The van der Waals surface area contributed by atoms with Crippen molar-refractivity contribution in [3.8, 4) is 5.95 Å². The van der Waals surface area contributed by atoms with Crippen LogP contribution < -0.4 is 0 Å². The van der Waals surface area contributed by atoms with E-state index in [1.54, 1.807) is 25.6 Å². The average molecular weight is 255 g/mol. The van der Waals surface area contributed by atoms with E-state index >= 15 is 0 Å². The Bertz CT molecular complexity index is 501. The van der Waals surface area contributed by atoms with Crippen molar-refractivity contribution in [3.63, 3.8) is 0 Å². The van der Waals surface area contributed by atoms with Gasteiger partial charge in [-0.3, -0.25) is 0 Å². The summed E-state index contributed by atoms with van der Waals surface area (Å²) in [5.74, 6) is 0.356. The van der Waals surface area contributed by atoms with Crippen molar-refractivity contribution in [1.29, 1.82) is 0 Å². The number of aliphatic hydroxyl groups is 1. The molecule has 90 valence electrons. The van der Waals surface area contributed by atoms with Crippen molar-refractivity contribution in [3.05, 3.63) is 34.9 Å². The monoisotopic (exact) mass is 254 g/mol. The zero-order valence-corrected chi connectivity index (χ0v) is 9.92. The quantitative estimate of drug-likeness (QED) is 0.880. The normalized spacial score (nSPS) is 10.8. The number of ether oxygens (including phenoxy) is 1. The fourth-order valence-corrected chi connectivity index (χ4v) is 1.70. The molecule has 2 heterocycles. The van der Waals surface area contributed by atoms with E-state index in [0.717, 1.165) is 0 Å². The first-order chi connectivity index (χ1) is 8.27. The van der Waals surface area contributed by atoms with Crippen LogP contribution in [0.25, 0.3) is 5.95 Å². The number of methoxy groups -OCH3 is 1. The summed E-state index contributed by atoms with van der Waals surface area (Å²) >= 11 is 6.10. The van der Waals surface area contributed by atoms with Crippen LogP contribution >= 0.6 is 11.6 Å². The van der Waals surface area contributed by atoms with E-state index in [1.165, 1.54) is 4.68 Å². The van der Waals surface area contributed by atoms with Crippen molar-refractivity contribution in [2.24, 2.45) is 0 Å². The molecule has 17 heavy (non-hydrogen) atoms. The molecule has 2 aromatic heterocycles. The van der Waals surface area contributed by atoms with Crippen LogP contribution in [0.5, 0.6) is 0 Å². The van der Waals surface area contributed by atoms with E-state index in [2.05, 4.69) is 15.1 Å². The first kappa shape index (κ1) is 12.0. The zero-order chi connectivity index (χ0) is 12.3. The Morgan fingerprint density at radius 1 is 1.41 bits per heavy atom. The van der Waals surface area contributed by atoms with E-state index in [4.69, 9.17) is 16.3 Å². The highest BCUT2D eigenvalue weighted by atomic mass is 35.5. The molecule has 0 saturated carbocycles. The lowest BCUT2D eigenvalue weighted by molar-refractivity contribution is 0.178. The van der Waals surface area contributed by atoms with Gasteiger partial charge >= 0.3 is 0 Å².